The van der Waals surface area contributed by atoms with Crippen LogP contribution in [0.15, 0.2) is 41.5 Å². The summed E-state index contributed by atoms with van der Waals surface area (Å²) in [5, 5.41) is 45.5. The minimum absolute atomic E-state index is 0.0343. The molecule has 138 valence electrons. The molecule has 0 aliphatic heterocycles. The van der Waals surface area contributed by atoms with Crippen molar-refractivity contribution >= 4 is 29.2 Å². The number of nitrogens with zero attached hydrogens (tertiary/aromatic N) is 4. The molecule has 0 saturated heterocycles. The van der Waals surface area contributed by atoms with Gasteiger partial charge in [-0.15, -0.1) is 0 Å². The van der Waals surface area contributed by atoms with Crippen molar-refractivity contribution in [3.8, 4) is 5.75 Å². The smallest absolute Gasteiger partial charge is 0.318 e. The predicted molar refractivity (Wildman–Crippen MR) is 89.6 cm³/mol. The molecule has 2 aromatic carbocycles. The quantitative estimate of drug-likeness (QED) is 0.434. The number of nitro benzene ring substituents is 3. The van der Waals surface area contributed by atoms with Crippen LogP contribution in [-0.4, -0.2) is 32.0 Å². The lowest BCUT2D eigenvalue weighted by Crippen LogP contribution is -2.17. The molecule has 1 amide bonds. The average Bonchev–Trinajstić information content (AvgIpc) is 2.62. The van der Waals surface area contributed by atoms with Crippen molar-refractivity contribution in [2.45, 2.75) is 0 Å². The zero-order valence-electron chi connectivity index (χ0n) is 13.1. The van der Waals surface area contributed by atoms with Crippen LogP contribution in [0, 0.1) is 30.3 Å². The third-order valence-electron chi connectivity index (χ3n) is 3.22. The molecular formula is C14H9N5O8. The van der Waals surface area contributed by atoms with Crippen LogP contribution in [0.25, 0.3) is 0 Å². The second kappa shape index (κ2) is 7.64. The van der Waals surface area contributed by atoms with Crippen molar-refractivity contribution in [3.63, 3.8) is 0 Å². The van der Waals surface area contributed by atoms with E-state index in [1.54, 1.807) is 0 Å². The highest BCUT2D eigenvalue weighted by Gasteiger charge is 2.23. The largest absolute Gasteiger partial charge is 0.502 e. The number of nitrogens with one attached hydrogen (secondary N) is 1. The first kappa shape index (κ1) is 18.9. The summed E-state index contributed by atoms with van der Waals surface area (Å²) in [6.45, 7) is 0. The van der Waals surface area contributed by atoms with E-state index in [9.17, 15) is 40.2 Å². The first-order chi connectivity index (χ1) is 12.7. The van der Waals surface area contributed by atoms with Crippen molar-refractivity contribution in [2.75, 3.05) is 0 Å². The Morgan fingerprint density at radius 2 is 1.56 bits per heavy atom. The van der Waals surface area contributed by atoms with E-state index in [0.29, 0.717) is 6.07 Å². The molecule has 13 nitrogen and oxygen atoms in total. The van der Waals surface area contributed by atoms with Gasteiger partial charge < -0.3 is 5.11 Å². The first-order valence-electron chi connectivity index (χ1n) is 6.94. The van der Waals surface area contributed by atoms with E-state index >= 15 is 0 Å². The van der Waals surface area contributed by atoms with Gasteiger partial charge in [-0.3, -0.25) is 35.1 Å². The van der Waals surface area contributed by atoms with Crippen molar-refractivity contribution < 1.29 is 24.7 Å². The van der Waals surface area contributed by atoms with Crippen LogP contribution in [0.2, 0.25) is 0 Å². The molecule has 0 radical (unpaired) electrons. The third-order valence-corrected chi connectivity index (χ3v) is 3.22. The van der Waals surface area contributed by atoms with Gasteiger partial charge in [0.15, 0.2) is 0 Å². The number of hydrogen-bond acceptors (Lipinski definition) is 9. The molecule has 0 spiro atoms. The van der Waals surface area contributed by atoms with E-state index in [4.69, 9.17) is 0 Å². The fraction of sp³-hybridized carbons (Fsp3) is 0. The lowest BCUT2D eigenvalue weighted by Gasteiger charge is -2.02. The summed E-state index contributed by atoms with van der Waals surface area (Å²) < 4.78 is 0. The fourth-order valence-corrected chi connectivity index (χ4v) is 1.93. The molecule has 0 aliphatic carbocycles. The highest BCUT2D eigenvalue weighted by atomic mass is 16.6. The van der Waals surface area contributed by atoms with Crippen LogP contribution >= 0.6 is 0 Å². The summed E-state index contributed by atoms with van der Waals surface area (Å²) in [5.41, 5.74) is -0.0613. The van der Waals surface area contributed by atoms with Crippen molar-refractivity contribution in [1.29, 1.82) is 0 Å². The molecule has 2 aromatic rings. The van der Waals surface area contributed by atoms with Gasteiger partial charge in [-0.25, -0.2) is 5.43 Å². The van der Waals surface area contributed by atoms with E-state index in [2.05, 4.69) is 5.10 Å². The zero-order chi connectivity index (χ0) is 20.1. The van der Waals surface area contributed by atoms with E-state index in [1.807, 2.05) is 5.43 Å². The maximum absolute atomic E-state index is 11.9. The molecule has 0 unspecified atom stereocenters. The van der Waals surface area contributed by atoms with E-state index < -0.39 is 37.8 Å². The SMILES string of the molecule is O=C(N/N=C/c1cc([N+](=O)[O-])cc([N+](=O)[O-])c1O)c1ccc([N+](=O)[O-])cc1. The zero-order valence-corrected chi connectivity index (χ0v) is 13.1. The standard InChI is InChI=1S/C14H9N5O8/c20-13-9(5-11(18(24)25)6-12(13)19(26)27)7-15-16-14(21)8-1-3-10(4-2-8)17(22)23/h1-7,20H,(H,16,21)/b15-7+. The van der Waals surface area contributed by atoms with Gasteiger partial charge in [0.2, 0.25) is 5.75 Å². The molecule has 27 heavy (non-hydrogen) atoms. The van der Waals surface area contributed by atoms with Gasteiger partial charge in [0.25, 0.3) is 17.3 Å². The monoisotopic (exact) mass is 375 g/mol. The summed E-state index contributed by atoms with van der Waals surface area (Å²) in [5.74, 6) is -1.63. The van der Waals surface area contributed by atoms with Crippen molar-refractivity contribution in [2.24, 2.45) is 5.10 Å². The minimum atomic E-state index is -1.00. The Morgan fingerprint density at radius 1 is 0.963 bits per heavy atom. The molecule has 0 bridgehead atoms. The molecule has 0 heterocycles. The number of phenolic OH excluding ortho intramolecular Hbond substituents is 1. The number of carbonyl (C=O) groups excluding carboxylic acids is 1. The van der Waals surface area contributed by atoms with Gasteiger partial charge in [-0.05, 0) is 12.1 Å². The number of rotatable bonds is 6. The van der Waals surface area contributed by atoms with Crippen LogP contribution in [0.4, 0.5) is 17.1 Å². The average molecular weight is 375 g/mol. The van der Waals surface area contributed by atoms with Gasteiger partial charge in [0, 0.05) is 23.8 Å². The van der Waals surface area contributed by atoms with Crippen molar-refractivity contribution in [3.05, 3.63) is 77.9 Å². The van der Waals surface area contributed by atoms with Gasteiger partial charge in [-0.1, -0.05) is 0 Å². The fourth-order valence-electron chi connectivity index (χ4n) is 1.93. The molecule has 0 aliphatic rings. The Kier molecular flexibility index (Phi) is 5.35. The van der Waals surface area contributed by atoms with E-state index in [-0.39, 0.29) is 16.8 Å². The summed E-state index contributed by atoms with van der Waals surface area (Å²) in [7, 11) is 0. The molecule has 2 N–H and O–H groups in total. The molecule has 0 aromatic heterocycles. The highest BCUT2D eigenvalue weighted by Crippen LogP contribution is 2.33. The van der Waals surface area contributed by atoms with Crippen molar-refractivity contribution in [1.82, 2.24) is 5.43 Å². The second-order valence-electron chi connectivity index (χ2n) is 4.92. The molecule has 0 atom stereocenters. The van der Waals surface area contributed by atoms with Gasteiger partial charge in [-0.2, -0.15) is 5.10 Å². The van der Waals surface area contributed by atoms with Gasteiger partial charge in [0.1, 0.15) is 0 Å². The normalized spacial score (nSPS) is 10.5. The molecule has 2 rings (SSSR count). The van der Waals surface area contributed by atoms with E-state index in [1.165, 1.54) is 12.1 Å². The number of amides is 1. The topological polar surface area (TPSA) is 191 Å². The number of aromatic hydroxyl groups is 1. The molecule has 13 heteroatoms. The Bertz CT molecular complexity index is 970. The van der Waals surface area contributed by atoms with Crippen LogP contribution in [0.3, 0.4) is 0 Å². The number of carbonyl (C=O) groups is 1. The Balaban J connectivity index is 2.22. The van der Waals surface area contributed by atoms with Gasteiger partial charge >= 0.3 is 5.69 Å². The minimum Gasteiger partial charge on any atom is -0.502 e. The lowest BCUT2D eigenvalue weighted by molar-refractivity contribution is -0.394. The van der Waals surface area contributed by atoms with Gasteiger partial charge in [0.05, 0.1) is 32.6 Å². The summed E-state index contributed by atoms with van der Waals surface area (Å²) in [6, 6.07) is 5.99. The number of nitro groups is 3. The third kappa shape index (κ3) is 4.36. The predicted octanol–water partition coefficient (Wildman–Crippen LogP) is 1.88. The number of hydrazone groups is 1. The second-order valence-corrected chi connectivity index (χ2v) is 4.92. The number of phenols is 1. The van der Waals surface area contributed by atoms with Crippen LogP contribution in [0.5, 0.6) is 5.75 Å². The number of non-ortho nitro benzene ring substituents is 2. The summed E-state index contributed by atoms with van der Waals surface area (Å²) in [6.07, 6.45) is 0.790. The highest BCUT2D eigenvalue weighted by molar-refractivity contribution is 5.95. The summed E-state index contributed by atoms with van der Waals surface area (Å²) >= 11 is 0. The van der Waals surface area contributed by atoms with Crippen LogP contribution < -0.4 is 5.43 Å². The van der Waals surface area contributed by atoms with E-state index in [0.717, 1.165) is 24.4 Å². The number of benzene rings is 2. The number of hydrogen-bond donors (Lipinski definition) is 2. The summed E-state index contributed by atoms with van der Waals surface area (Å²) in [4.78, 5) is 41.6. The van der Waals surface area contributed by atoms with Crippen LogP contribution in [-0.2, 0) is 0 Å². The molecule has 0 fully saturated rings. The maximum Gasteiger partial charge on any atom is 0.318 e. The lowest BCUT2D eigenvalue weighted by atomic mass is 10.1. The maximum atomic E-state index is 11.9. The Hall–Kier alpha value is -4.42. The first-order valence-corrected chi connectivity index (χ1v) is 6.94. The Labute approximate surface area is 149 Å². The molecular weight excluding hydrogens is 366 g/mol. The molecule has 0 saturated carbocycles. The van der Waals surface area contributed by atoms with Crippen LogP contribution in [0.1, 0.15) is 15.9 Å². The Morgan fingerprint density at radius 3 is 2.07 bits per heavy atom.